The third kappa shape index (κ3) is 5.54. The molecule has 0 radical (unpaired) electrons. The molecule has 0 saturated carbocycles. The normalized spacial score (nSPS) is 20.6. The average Bonchev–Trinajstić information content (AvgIpc) is 3.40. The number of rotatable bonds is 9. The van der Waals surface area contributed by atoms with Gasteiger partial charge in [-0.1, -0.05) is 42.0 Å². The number of nitrogens with one attached hydrogen (secondary N) is 1. The van der Waals surface area contributed by atoms with Gasteiger partial charge < -0.3 is 14.2 Å². The first-order chi connectivity index (χ1) is 15.7. The van der Waals surface area contributed by atoms with E-state index in [1.54, 1.807) is 36.7 Å². The quantitative estimate of drug-likeness (QED) is 0.184. The van der Waals surface area contributed by atoms with Crippen molar-refractivity contribution in [2.24, 2.45) is 5.92 Å². The van der Waals surface area contributed by atoms with Crippen LogP contribution < -0.4 is 9.61 Å². The van der Waals surface area contributed by atoms with Crippen LogP contribution in [0.15, 0.2) is 48.8 Å². The molecule has 4 rings (SSSR count). The number of halogens is 2. The summed E-state index contributed by atoms with van der Waals surface area (Å²) in [7, 11) is -3.98. The molecule has 0 fully saturated rings. The van der Waals surface area contributed by atoms with Gasteiger partial charge in [0.15, 0.2) is 10.8 Å². The molecule has 1 aliphatic carbocycles. The maximum absolute atomic E-state index is 13.3. The lowest BCUT2D eigenvalue weighted by Gasteiger charge is -2.23. The summed E-state index contributed by atoms with van der Waals surface area (Å²) >= 11 is 12.0. The number of nitrogens with zero attached hydrogens (tertiary/aromatic N) is 4. The maximum atomic E-state index is 13.3. The van der Waals surface area contributed by atoms with Gasteiger partial charge in [-0.15, -0.1) is 0 Å². The third-order valence-electron chi connectivity index (χ3n) is 5.01. The van der Waals surface area contributed by atoms with E-state index < -0.39 is 19.8 Å². The van der Waals surface area contributed by atoms with Crippen molar-refractivity contribution in [2.75, 3.05) is 6.61 Å². The maximum Gasteiger partial charge on any atom is 0.459 e. The second kappa shape index (κ2) is 9.79. The van der Waals surface area contributed by atoms with Crippen molar-refractivity contribution in [1.29, 1.82) is 0 Å². The van der Waals surface area contributed by atoms with Crippen molar-refractivity contribution in [1.82, 2.24) is 24.6 Å². The molecular formula is C20H20Cl2N5O5P. The lowest BCUT2D eigenvalue weighted by molar-refractivity contribution is -0.138. The number of para-hydroxylation sites is 1. The number of imidazole rings is 1. The summed E-state index contributed by atoms with van der Waals surface area (Å²) in [5.41, 5.74) is 0.952. The number of aromatic nitrogens is 4. The molecule has 1 aromatic carbocycles. The second-order valence-electron chi connectivity index (χ2n) is 7.44. The molecule has 33 heavy (non-hydrogen) atoms. The molecule has 0 saturated heterocycles. The van der Waals surface area contributed by atoms with Crippen LogP contribution in [0.2, 0.25) is 10.4 Å². The first-order valence-corrected chi connectivity index (χ1v) is 12.3. The van der Waals surface area contributed by atoms with E-state index in [-0.39, 0.29) is 29.0 Å². The monoisotopic (exact) mass is 511 g/mol. The molecule has 3 aromatic rings. The van der Waals surface area contributed by atoms with Gasteiger partial charge in [0.25, 0.3) is 0 Å². The molecule has 0 amide bonds. The zero-order valence-corrected chi connectivity index (χ0v) is 19.7. The highest BCUT2D eigenvalue weighted by atomic mass is 35.5. The molecule has 13 heteroatoms. The number of fused-ring (bicyclic) bond motifs is 1. The van der Waals surface area contributed by atoms with Gasteiger partial charge in [-0.2, -0.15) is 10.1 Å². The highest BCUT2D eigenvalue weighted by Gasteiger charge is 2.33. The summed E-state index contributed by atoms with van der Waals surface area (Å²) in [4.78, 5) is 23.7. The lowest BCUT2D eigenvalue weighted by atomic mass is 10.1. The molecule has 174 valence electrons. The molecular weight excluding hydrogens is 492 g/mol. The number of allylic oxidation sites excluding steroid dienone is 1. The molecule has 1 unspecified atom stereocenters. The fourth-order valence-corrected chi connectivity index (χ4v) is 5.35. The SMILES string of the molecule is C[C@H](NP(=O)(OC[C@@H]1C=C[C@H](n2cnc3c(Cl)nc(Cl)nc32)C1)Oc1ccccc1)C(=O)O. The fraction of sp³-hybridized carbons (Fsp3) is 0.300. The highest BCUT2D eigenvalue weighted by molar-refractivity contribution is 7.52. The number of carboxylic acid groups (broad SMARTS) is 1. The van der Waals surface area contributed by atoms with E-state index in [2.05, 4.69) is 20.0 Å². The molecule has 2 aromatic heterocycles. The van der Waals surface area contributed by atoms with E-state index in [9.17, 15) is 14.5 Å². The Labute approximate surface area is 199 Å². The van der Waals surface area contributed by atoms with E-state index in [0.717, 1.165) is 0 Å². The van der Waals surface area contributed by atoms with E-state index >= 15 is 0 Å². The Morgan fingerprint density at radius 2 is 2.06 bits per heavy atom. The van der Waals surface area contributed by atoms with Crippen molar-refractivity contribution in [3.8, 4) is 5.75 Å². The highest BCUT2D eigenvalue weighted by Crippen LogP contribution is 2.46. The summed E-state index contributed by atoms with van der Waals surface area (Å²) in [5, 5.41) is 11.9. The van der Waals surface area contributed by atoms with Gasteiger partial charge in [0.05, 0.1) is 19.0 Å². The van der Waals surface area contributed by atoms with Gasteiger partial charge in [0.2, 0.25) is 5.28 Å². The third-order valence-corrected chi connectivity index (χ3v) is 7.08. The Bertz CT molecular complexity index is 1240. The topological polar surface area (TPSA) is 128 Å². The summed E-state index contributed by atoms with van der Waals surface area (Å²) in [6, 6.07) is 7.17. The standard InChI is InChI=1S/C20H20Cl2N5O5P/c1-12(19(28)29)26-33(30,32-15-5-3-2-4-6-15)31-10-13-7-8-14(9-13)27-11-23-16-17(21)24-20(22)25-18(16)27/h2-8,11-14H,9-10H2,1H3,(H,26,30)(H,28,29)/t12-,13+,14-,33?/m0/s1. The Hall–Kier alpha value is -2.49. The Morgan fingerprint density at radius 3 is 2.79 bits per heavy atom. The minimum Gasteiger partial charge on any atom is -0.480 e. The molecule has 2 N–H and O–H groups in total. The number of carboxylic acids is 1. The molecule has 1 aliphatic rings. The Kier molecular flexibility index (Phi) is 7.02. The fourth-order valence-electron chi connectivity index (χ4n) is 3.38. The van der Waals surface area contributed by atoms with Crippen LogP contribution >= 0.6 is 30.9 Å². The zero-order valence-electron chi connectivity index (χ0n) is 17.3. The van der Waals surface area contributed by atoms with Crippen LogP contribution in [0.25, 0.3) is 11.2 Å². The zero-order chi connectivity index (χ0) is 23.6. The van der Waals surface area contributed by atoms with Crippen LogP contribution in [0.4, 0.5) is 0 Å². The van der Waals surface area contributed by atoms with Crippen LogP contribution in [-0.2, 0) is 13.9 Å². The molecule has 0 aliphatic heterocycles. The first-order valence-electron chi connectivity index (χ1n) is 9.98. The van der Waals surface area contributed by atoms with Gasteiger partial charge in [-0.3, -0.25) is 9.32 Å². The van der Waals surface area contributed by atoms with Gasteiger partial charge in [-0.05, 0) is 37.1 Å². The van der Waals surface area contributed by atoms with Crippen molar-refractivity contribution < 1.29 is 23.5 Å². The van der Waals surface area contributed by atoms with Crippen LogP contribution in [0, 0.1) is 5.92 Å². The Balaban J connectivity index is 1.45. The van der Waals surface area contributed by atoms with Gasteiger partial charge in [0, 0.05) is 5.92 Å². The molecule has 10 nitrogen and oxygen atoms in total. The second-order valence-corrected chi connectivity index (χ2v) is 9.83. The van der Waals surface area contributed by atoms with Gasteiger partial charge in [0.1, 0.15) is 17.3 Å². The van der Waals surface area contributed by atoms with Crippen molar-refractivity contribution in [3.63, 3.8) is 0 Å². The van der Waals surface area contributed by atoms with E-state index in [1.165, 1.54) is 6.92 Å². The van der Waals surface area contributed by atoms with Crippen LogP contribution in [0.5, 0.6) is 5.75 Å². The van der Waals surface area contributed by atoms with Gasteiger partial charge >= 0.3 is 13.7 Å². The summed E-state index contributed by atoms with van der Waals surface area (Å²) in [6.45, 7) is 1.40. The van der Waals surface area contributed by atoms with E-state index in [4.69, 9.17) is 32.2 Å². The smallest absolute Gasteiger partial charge is 0.459 e. The van der Waals surface area contributed by atoms with E-state index in [0.29, 0.717) is 23.3 Å². The largest absolute Gasteiger partial charge is 0.480 e. The van der Waals surface area contributed by atoms with Crippen molar-refractivity contribution in [2.45, 2.75) is 25.4 Å². The molecule has 2 heterocycles. The first kappa shape index (κ1) is 23.7. The number of aliphatic carboxylic acids is 1. The summed E-state index contributed by atoms with van der Waals surface area (Å²) in [6.07, 6.45) is 6.09. The van der Waals surface area contributed by atoms with Crippen LogP contribution in [-0.4, -0.2) is 43.2 Å². The van der Waals surface area contributed by atoms with Gasteiger partial charge in [-0.25, -0.2) is 14.5 Å². The Morgan fingerprint density at radius 1 is 1.30 bits per heavy atom. The molecule has 4 atom stereocenters. The number of benzene rings is 1. The minimum absolute atomic E-state index is 0.0220. The summed E-state index contributed by atoms with van der Waals surface area (Å²) < 4.78 is 26.3. The predicted molar refractivity (Wildman–Crippen MR) is 122 cm³/mol. The average molecular weight is 512 g/mol. The number of hydrogen-bond acceptors (Lipinski definition) is 7. The molecule has 0 bridgehead atoms. The van der Waals surface area contributed by atoms with Crippen molar-refractivity contribution >= 4 is 48.1 Å². The van der Waals surface area contributed by atoms with E-state index in [1.807, 2.05) is 16.7 Å². The van der Waals surface area contributed by atoms with Crippen LogP contribution in [0.3, 0.4) is 0 Å². The number of hydrogen-bond donors (Lipinski definition) is 2. The molecule has 0 spiro atoms. The minimum atomic E-state index is -3.98. The predicted octanol–water partition coefficient (Wildman–Crippen LogP) is 4.52. The lowest BCUT2D eigenvalue weighted by Crippen LogP contribution is -2.33. The summed E-state index contributed by atoms with van der Waals surface area (Å²) in [5.74, 6) is -0.999. The van der Waals surface area contributed by atoms with Crippen LogP contribution in [0.1, 0.15) is 19.4 Å². The van der Waals surface area contributed by atoms with Crippen molar-refractivity contribution in [3.05, 3.63) is 59.2 Å². The number of carbonyl (C=O) groups is 1.